The zero-order valence-electron chi connectivity index (χ0n) is 10.2. The number of fused-ring (bicyclic) bond motifs is 1. The Morgan fingerprint density at radius 1 is 1.20 bits per heavy atom. The highest BCUT2D eigenvalue weighted by atomic mass is 32.1. The van der Waals surface area contributed by atoms with E-state index in [2.05, 4.69) is 10.3 Å². The Morgan fingerprint density at radius 3 is 2.90 bits per heavy atom. The molecule has 5 nitrogen and oxygen atoms in total. The molecule has 6 heteroatoms. The normalized spacial score (nSPS) is 10.6. The Morgan fingerprint density at radius 2 is 2.05 bits per heavy atom. The van der Waals surface area contributed by atoms with Crippen molar-refractivity contribution >= 4 is 33.1 Å². The van der Waals surface area contributed by atoms with E-state index in [1.807, 2.05) is 12.1 Å². The summed E-state index contributed by atoms with van der Waals surface area (Å²) in [6.45, 7) is 0. The number of carbonyl (C=O) groups is 1. The third-order valence-corrected chi connectivity index (χ3v) is 3.64. The van der Waals surface area contributed by atoms with E-state index >= 15 is 0 Å². The second-order valence-corrected chi connectivity index (χ2v) is 5.05. The van der Waals surface area contributed by atoms with Crippen LogP contribution < -0.4 is 5.32 Å². The van der Waals surface area contributed by atoms with Crippen LogP contribution in [0.4, 0.5) is 5.69 Å². The Hall–Kier alpha value is -2.60. The van der Waals surface area contributed by atoms with E-state index in [0.717, 1.165) is 10.2 Å². The van der Waals surface area contributed by atoms with Gasteiger partial charge in [-0.25, -0.2) is 4.98 Å². The van der Waals surface area contributed by atoms with E-state index in [1.165, 1.54) is 29.5 Å². The first-order valence-corrected chi connectivity index (χ1v) is 6.68. The molecule has 1 heterocycles. The maximum absolute atomic E-state index is 12.1. The molecule has 0 unspecified atom stereocenters. The number of phenolic OH excluding ortho intramolecular Hbond substituents is 2. The smallest absolute Gasteiger partial charge is 0.259 e. The van der Waals surface area contributed by atoms with Crippen molar-refractivity contribution < 1.29 is 15.0 Å². The van der Waals surface area contributed by atoms with Crippen LogP contribution in [0.25, 0.3) is 10.2 Å². The highest BCUT2D eigenvalue weighted by Crippen LogP contribution is 2.29. The molecule has 1 amide bonds. The topological polar surface area (TPSA) is 82.5 Å². The van der Waals surface area contributed by atoms with Crippen LogP contribution in [-0.4, -0.2) is 21.1 Å². The summed E-state index contributed by atoms with van der Waals surface area (Å²) in [5.74, 6) is -1.23. The van der Waals surface area contributed by atoms with Crippen LogP contribution in [0.1, 0.15) is 10.4 Å². The summed E-state index contributed by atoms with van der Waals surface area (Å²) in [6.07, 6.45) is 0. The van der Waals surface area contributed by atoms with Crippen molar-refractivity contribution in [2.45, 2.75) is 0 Å². The van der Waals surface area contributed by atoms with Gasteiger partial charge in [0.15, 0.2) is 11.5 Å². The molecule has 0 aliphatic carbocycles. The number of aromatic nitrogens is 1. The highest BCUT2D eigenvalue weighted by Gasteiger charge is 2.14. The van der Waals surface area contributed by atoms with Crippen molar-refractivity contribution in [2.24, 2.45) is 0 Å². The van der Waals surface area contributed by atoms with Gasteiger partial charge >= 0.3 is 0 Å². The average molecular weight is 286 g/mol. The van der Waals surface area contributed by atoms with Crippen molar-refractivity contribution in [1.29, 1.82) is 0 Å². The fraction of sp³-hybridized carbons (Fsp3) is 0. The zero-order valence-corrected chi connectivity index (χ0v) is 11.0. The molecule has 0 aliphatic rings. The fourth-order valence-corrected chi connectivity index (χ4v) is 2.56. The predicted octanol–water partition coefficient (Wildman–Crippen LogP) is 2.96. The minimum atomic E-state index is -0.484. The molecule has 2 aromatic carbocycles. The molecule has 3 N–H and O–H groups in total. The Bertz CT molecular complexity index is 798. The third-order valence-electron chi connectivity index (χ3n) is 2.85. The molecule has 0 fully saturated rings. The summed E-state index contributed by atoms with van der Waals surface area (Å²) >= 11 is 1.48. The number of aromatic hydroxyl groups is 2. The lowest BCUT2D eigenvalue weighted by atomic mass is 10.1. The van der Waals surface area contributed by atoms with Crippen LogP contribution in [-0.2, 0) is 0 Å². The first-order valence-electron chi connectivity index (χ1n) is 5.81. The molecule has 20 heavy (non-hydrogen) atoms. The quantitative estimate of drug-likeness (QED) is 0.632. The summed E-state index contributed by atoms with van der Waals surface area (Å²) < 4.78 is 0.961. The second kappa shape index (κ2) is 4.82. The third kappa shape index (κ3) is 2.17. The molecule has 0 saturated heterocycles. The number of amides is 1. The van der Waals surface area contributed by atoms with Crippen LogP contribution >= 0.6 is 11.3 Å². The van der Waals surface area contributed by atoms with Gasteiger partial charge in [0.05, 0.1) is 21.3 Å². The number of benzene rings is 2. The summed E-state index contributed by atoms with van der Waals surface area (Å²) in [4.78, 5) is 16.2. The largest absolute Gasteiger partial charge is 0.504 e. The monoisotopic (exact) mass is 286 g/mol. The fourth-order valence-electron chi connectivity index (χ4n) is 1.85. The molecule has 3 aromatic rings. The summed E-state index contributed by atoms with van der Waals surface area (Å²) in [5, 5.41) is 21.7. The van der Waals surface area contributed by atoms with Gasteiger partial charge in [-0.3, -0.25) is 4.79 Å². The maximum Gasteiger partial charge on any atom is 0.259 e. The van der Waals surface area contributed by atoms with Gasteiger partial charge in [0.1, 0.15) is 0 Å². The van der Waals surface area contributed by atoms with E-state index < -0.39 is 11.7 Å². The van der Waals surface area contributed by atoms with Crippen LogP contribution in [0.3, 0.4) is 0 Å². The number of rotatable bonds is 2. The molecule has 100 valence electrons. The molecule has 0 saturated carbocycles. The number of nitrogens with one attached hydrogen (secondary N) is 1. The van der Waals surface area contributed by atoms with Gasteiger partial charge in [0, 0.05) is 5.69 Å². The second-order valence-electron chi connectivity index (χ2n) is 4.16. The van der Waals surface area contributed by atoms with Crippen LogP contribution in [0.5, 0.6) is 11.5 Å². The minimum absolute atomic E-state index is 0.0226. The minimum Gasteiger partial charge on any atom is -0.504 e. The molecular formula is C14H10N2O3S. The van der Waals surface area contributed by atoms with Gasteiger partial charge in [-0.2, -0.15) is 0 Å². The maximum atomic E-state index is 12.1. The van der Waals surface area contributed by atoms with Crippen molar-refractivity contribution in [3.63, 3.8) is 0 Å². The van der Waals surface area contributed by atoms with Crippen LogP contribution in [0.2, 0.25) is 0 Å². The van der Waals surface area contributed by atoms with Gasteiger partial charge in [-0.15, -0.1) is 11.3 Å². The van der Waals surface area contributed by atoms with E-state index in [1.54, 1.807) is 11.6 Å². The zero-order chi connectivity index (χ0) is 14.1. The average Bonchev–Trinajstić information content (AvgIpc) is 2.89. The number of thiazole rings is 1. The number of nitrogens with zero attached hydrogens (tertiary/aromatic N) is 1. The molecule has 0 atom stereocenters. The Labute approximate surface area is 118 Å². The first-order chi connectivity index (χ1) is 9.65. The molecule has 0 radical (unpaired) electrons. The molecule has 0 aliphatic heterocycles. The molecule has 1 aromatic heterocycles. The number of anilines is 1. The number of phenols is 2. The number of carbonyl (C=O) groups excluding carboxylic acids is 1. The van der Waals surface area contributed by atoms with Crippen LogP contribution in [0, 0.1) is 0 Å². The Balaban J connectivity index is 1.90. The number of hydrogen-bond donors (Lipinski definition) is 3. The SMILES string of the molecule is O=C(Nc1ccc2ncsc2c1)c1cccc(O)c1O. The van der Waals surface area contributed by atoms with Crippen molar-refractivity contribution in [3.05, 3.63) is 47.5 Å². The first kappa shape index (κ1) is 12.4. The van der Waals surface area contributed by atoms with E-state index in [4.69, 9.17) is 0 Å². The summed E-state index contributed by atoms with van der Waals surface area (Å²) in [6, 6.07) is 9.61. The molecule has 0 bridgehead atoms. The van der Waals surface area contributed by atoms with Crippen molar-refractivity contribution in [2.75, 3.05) is 5.32 Å². The Kier molecular flexibility index (Phi) is 3.00. The standard InChI is InChI=1S/C14H10N2O3S/c17-11-3-1-2-9(13(11)18)14(19)16-8-4-5-10-12(6-8)20-7-15-10/h1-7,17-18H,(H,16,19). The summed E-state index contributed by atoms with van der Waals surface area (Å²) in [5.41, 5.74) is 3.23. The van der Waals surface area contributed by atoms with Gasteiger partial charge in [0.2, 0.25) is 0 Å². The predicted molar refractivity (Wildman–Crippen MR) is 77.3 cm³/mol. The molecule has 0 spiro atoms. The van der Waals surface area contributed by atoms with Gasteiger partial charge in [-0.05, 0) is 30.3 Å². The van der Waals surface area contributed by atoms with Gasteiger partial charge in [0.25, 0.3) is 5.91 Å². The van der Waals surface area contributed by atoms with Crippen molar-refractivity contribution in [3.8, 4) is 11.5 Å². The number of hydrogen-bond acceptors (Lipinski definition) is 5. The number of para-hydroxylation sites is 1. The van der Waals surface area contributed by atoms with Gasteiger partial charge < -0.3 is 15.5 Å². The van der Waals surface area contributed by atoms with E-state index in [-0.39, 0.29) is 11.3 Å². The van der Waals surface area contributed by atoms with Gasteiger partial charge in [-0.1, -0.05) is 6.07 Å². The molecule has 3 rings (SSSR count). The summed E-state index contributed by atoms with van der Waals surface area (Å²) in [7, 11) is 0. The van der Waals surface area contributed by atoms with Crippen molar-refractivity contribution in [1.82, 2.24) is 4.98 Å². The van der Waals surface area contributed by atoms with E-state index in [9.17, 15) is 15.0 Å². The lowest BCUT2D eigenvalue weighted by molar-refractivity contribution is 0.102. The van der Waals surface area contributed by atoms with Crippen LogP contribution in [0.15, 0.2) is 41.9 Å². The lowest BCUT2D eigenvalue weighted by Crippen LogP contribution is -2.11. The lowest BCUT2D eigenvalue weighted by Gasteiger charge is -2.07. The van der Waals surface area contributed by atoms with E-state index in [0.29, 0.717) is 5.69 Å². The highest BCUT2D eigenvalue weighted by molar-refractivity contribution is 7.16. The molecular weight excluding hydrogens is 276 g/mol.